The topological polar surface area (TPSA) is 58.8 Å². The summed E-state index contributed by atoms with van der Waals surface area (Å²) in [6, 6.07) is 3.84. The molecule has 0 bridgehead atoms. The van der Waals surface area contributed by atoms with Crippen molar-refractivity contribution in [2.75, 3.05) is 44.3 Å². The number of nitrogens with zero attached hydrogens (tertiary/aromatic N) is 2. The van der Waals surface area contributed by atoms with Gasteiger partial charge >= 0.3 is 0 Å². The van der Waals surface area contributed by atoms with Gasteiger partial charge in [0.1, 0.15) is 0 Å². The van der Waals surface area contributed by atoms with Gasteiger partial charge in [-0.1, -0.05) is 0 Å². The van der Waals surface area contributed by atoms with Crippen LogP contribution in [0.3, 0.4) is 0 Å². The van der Waals surface area contributed by atoms with Gasteiger partial charge in [-0.25, -0.2) is 0 Å². The molecule has 2 fully saturated rings. The molecule has 0 aromatic carbocycles. The number of anilines is 1. The lowest BCUT2D eigenvalue weighted by Gasteiger charge is -2.38. The first-order valence-electron chi connectivity index (χ1n) is 7.66. The summed E-state index contributed by atoms with van der Waals surface area (Å²) in [5.41, 5.74) is 6.19. The standard InChI is InChI=1S/C15H23N3O2S.2ClH/c16-14(12-3-9-20-10-4-12)15(19)18-7-5-17(6-8-18)13-2-1-11-21-13;;/h1-2,11-12,14H,3-10,16H2;2*1H. The molecular weight excluding hydrogens is 357 g/mol. The van der Waals surface area contributed by atoms with Gasteiger partial charge in [0, 0.05) is 39.4 Å². The number of thiophene rings is 1. The summed E-state index contributed by atoms with van der Waals surface area (Å²) in [5, 5.41) is 3.38. The molecule has 1 aromatic heterocycles. The molecule has 132 valence electrons. The first kappa shape index (κ1) is 20.5. The third-order valence-electron chi connectivity index (χ3n) is 4.47. The summed E-state index contributed by atoms with van der Waals surface area (Å²) in [4.78, 5) is 16.8. The molecule has 2 aliphatic rings. The molecule has 2 saturated heterocycles. The van der Waals surface area contributed by atoms with Crippen molar-refractivity contribution in [1.82, 2.24) is 4.90 Å². The van der Waals surface area contributed by atoms with Gasteiger partial charge in [-0.3, -0.25) is 4.79 Å². The van der Waals surface area contributed by atoms with Crippen molar-refractivity contribution >= 4 is 47.1 Å². The van der Waals surface area contributed by atoms with Crippen LogP contribution in [0.1, 0.15) is 12.8 Å². The van der Waals surface area contributed by atoms with Crippen LogP contribution in [0.15, 0.2) is 17.5 Å². The number of nitrogens with two attached hydrogens (primary N) is 1. The zero-order valence-corrected chi connectivity index (χ0v) is 15.5. The predicted octanol–water partition coefficient (Wildman–Crippen LogP) is 1.99. The van der Waals surface area contributed by atoms with Crippen molar-refractivity contribution in [3.63, 3.8) is 0 Å². The van der Waals surface area contributed by atoms with Crippen molar-refractivity contribution in [3.8, 4) is 0 Å². The van der Waals surface area contributed by atoms with Crippen LogP contribution in [0.25, 0.3) is 0 Å². The minimum absolute atomic E-state index is 0. The van der Waals surface area contributed by atoms with Crippen molar-refractivity contribution in [2.24, 2.45) is 11.7 Å². The van der Waals surface area contributed by atoms with Crippen LogP contribution in [0.2, 0.25) is 0 Å². The number of carbonyl (C=O) groups is 1. The molecule has 8 heteroatoms. The van der Waals surface area contributed by atoms with Crippen molar-refractivity contribution in [1.29, 1.82) is 0 Å². The van der Waals surface area contributed by atoms with E-state index in [0.29, 0.717) is 0 Å². The molecule has 1 aromatic rings. The maximum Gasteiger partial charge on any atom is 0.239 e. The Morgan fingerprint density at radius 1 is 1.22 bits per heavy atom. The van der Waals surface area contributed by atoms with E-state index in [2.05, 4.69) is 22.4 Å². The number of hydrogen-bond donors (Lipinski definition) is 1. The van der Waals surface area contributed by atoms with E-state index >= 15 is 0 Å². The van der Waals surface area contributed by atoms with Gasteiger partial charge in [0.25, 0.3) is 0 Å². The van der Waals surface area contributed by atoms with E-state index in [1.807, 2.05) is 4.90 Å². The van der Waals surface area contributed by atoms with E-state index in [1.54, 1.807) is 11.3 Å². The smallest absolute Gasteiger partial charge is 0.239 e. The molecule has 3 rings (SSSR count). The number of carbonyl (C=O) groups excluding carboxylic acids is 1. The van der Waals surface area contributed by atoms with Crippen molar-refractivity contribution in [3.05, 3.63) is 17.5 Å². The molecule has 2 N–H and O–H groups in total. The lowest BCUT2D eigenvalue weighted by atomic mass is 9.91. The number of amides is 1. The SMILES string of the molecule is Cl.Cl.NC(C(=O)N1CCN(c2cccs2)CC1)C1CCOCC1. The Hall–Kier alpha value is -0.530. The van der Waals surface area contributed by atoms with Crippen LogP contribution < -0.4 is 10.6 Å². The summed E-state index contributed by atoms with van der Waals surface area (Å²) in [5.74, 6) is 0.398. The van der Waals surface area contributed by atoms with Crippen molar-refractivity contribution in [2.45, 2.75) is 18.9 Å². The Morgan fingerprint density at radius 3 is 2.43 bits per heavy atom. The summed E-state index contributed by atoms with van der Waals surface area (Å²) in [7, 11) is 0. The van der Waals surface area contributed by atoms with Crippen molar-refractivity contribution < 1.29 is 9.53 Å². The molecule has 0 aliphatic carbocycles. The number of piperazine rings is 1. The van der Waals surface area contributed by atoms with E-state index in [0.717, 1.165) is 52.2 Å². The maximum absolute atomic E-state index is 12.5. The molecule has 2 aliphatic heterocycles. The van der Waals surface area contributed by atoms with Gasteiger partial charge in [-0.05, 0) is 36.3 Å². The molecular formula is C15H25Cl2N3O2S. The normalized spacial score (nSPS) is 20.4. The summed E-state index contributed by atoms with van der Waals surface area (Å²) < 4.78 is 5.34. The zero-order valence-electron chi connectivity index (χ0n) is 13.1. The summed E-state index contributed by atoms with van der Waals surface area (Å²) >= 11 is 1.75. The fourth-order valence-corrected chi connectivity index (χ4v) is 3.87. The van der Waals surface area contributed by atoms with E-state index in [-0.39, 0.29) is 42.7 Å². The number of hydrogen-bond acceptors (Lipinski definition) is 5. The van der Waals surface area contributed by atoms with E-state index in [1.165, 1.54) is 5.00 Å². The largest absolute Gasteiger partial charge is 0.381 e. The molecule has 1 amide bonds. The quantitative estimate of drug-likeness (QED) is 0.869. The molecule has 5 nitrogen and oxygen atoms in total. The third kappa shape index (κ3) is 4.97. The number of rotatable bonds is 3. The molecule has 3 heterocycles. The average Bonchev–Trinajstić information content (AvgIpc) is 3.09. The number of ether oxygens (including phenoxy) is 1. The fourth-order valence-electron chi connectivity index (χ4n) is 3.08. The second kappa shape index (κ2) is 9.69. The van der Waals surface area contributed by atoms with Gasteiger partial charge in [0.05, 0.1) is 11.0 Å². The average molecular weight is 382 g/mol. The minimum atomic E-state index is -0.359. The maximum atomic E-state index is 12.5. The molecule has 23 heavy (non-hydrogen) atoms. The van der Waals surface area contributed by atoms with E-state index < -0.39 is 0 Å². The van der Waals surface area contributed by atoms with Crippen LogP contribution in [0.4, 0.5) is 5.00 Å². The molecule has 0 saturated carbocycles. The zero-order chi connectivity index (χ0) is 14.7. The van der Waals surface area contributed by atoms with Gasteiger partial charge < -0.3 is 20.3 Å². The van der Waals surface area contributed by atoms with Gasteiger partial charge in [0.15, 0.2) is 0 Å². The highest BCUT2D eigenvalue weighted by molar-refractivity contribution is 7.14. The Balaban J connectivity index is 0.00000132. The first-order valence-corrected chi connectivity index (χ1v) is 8.54. The minimum Gasteiger partial charge on any atom is -0.381 e. The summed E-state index contributed by atoms with van der Waals surface area (Å²) in [6.45, 7) is 4.80. The van der Waals surface area contributed by atoms with Crippen LogP contribution in [0, 0.1) is 5.92 Å². The molecule has 1 unspecified atom stereocenters. The van der Waals surface area contributed by atoms with Gasteiger partial charge in [-0.15, -0.1) is 36.2 Å². The Kier molecular flexibility index (Phi) is 8.64. The highest BCUT2D eigenvalue weighted by Crippen LogP contribution is 2.23. The monoisotopic (exact) mass is 381 g/mol. The predicted molar refractivity (Wildman–Crippen MR) is 99.1 cm³/mol. The van der Waals surface area contributed by atoms with E-state index in [4.69, 9.17) is 10.5 Å². The number of halogens is 2. The fraction of sp³-hybridized carbons (Fsp3) is 0.667. The van der Waals surface area contributed by atoms with Crippen LogP contribution in [-0.2, 0) is 9.53 Å². The molecule has 1 atom stereocenters. The van der Waals surface area contributed by atoms with Crippen LogP contribution >= 0.6 is 36.2 Å². The van der Waals surface area contributed by atoms with Crippen LogP contribution in [-0.4, -0.2) is 56.2 Å². The third-order valence-corrected chi connectivity index (χ3v) is 5.40. The van der Waals surface area contributed by atoms with E-state index in [9.17, 15) is 4.79 Å². The lowest BCUT2D eigenvalue weighted by Crippen LogP contribution is -2.55. The Bertz CT molecular complexity index is 461. The second-order valence-electron chi connectivity index (χ2n) is 5.74. The Morgan fingerprint density at radius 2 is 1.87 bits per heavy atom. The first-order chi connectivity index (χ1) is 10.3. The second-order valence-corrected chi connectivity index (χ2v) is 6.67. The molecule has 0 spiro atoms. The Labute approximate surface area is 154 Å². The van der Waals surface area contributed by atoms with Crippen LogP contribution in [0.5, 0.6) is 0 Å². The van der Waals surface area contributed by atoms with Gasteiger partial charge in [0.2, 0.25) is 5.91 Å². The highest BCUT2D eigenvalue weighted by Gasteiger charge is 2.31. The summed E-state index contributed by atoms with van der Waals surface area (Å²) in [6.07, 6.45) is 1.81. The lowest BCUT2D eigenvalue weighted by molar-refractivity contribution is -0.135. The van der Waals surface area contributed by atoms with Gasteiger partial charge in [-0.2, -0.15) is 0 Å². The molecule has 0 radical (unpaired) electrons. The highest BCUT2D eigenvalue weighted by atomic mass is 35.5.